The number of benzene rings is 10. The Labute approximate surface area is 372 Å². The van der Waals surface area contributed by atoms with Gasteiger partial charge in [-0.3, -0.25) is 0 Å². The first-order chi connectivity index (χ1) is 31.8. The monoisotopic (exact) mass is 831 g/mol. The predicted octanol–water partition coefficient (Wildman–Crippen LogP) is 12.4. The van der Waals surface area contributed by atoms with Crippen LogP contribution in [0.3, 0.4) is 0 Å². The fourth-order valence-electron chi connectivity index (χ4n) is 10.9. The molecule has 64 heavy (non-hydrogen) atoms. The highest BCUT2D eigenvalue weighted by Gasteiger charge is 2.41. The molecular weight excluding hydrogens is 791 g/mol. The number of rotatable bonds is 7. The zero-order valence-electron chi connectivity index (χ0n) is 35.0. The van der Waals surface area contributed by atoms with Crippen LogP contribution in [0.5, 0.6) is 0 Å². The molecule has 3 heterocycles. The van der Waals surface area contributed by atoms with Crippen molar-refractivity contribution in [3.8, 4) is 17.1 Å². The van der Waals surface area contributed by atoms with E-state index < -0.39 is 8.07 Å². The summed E-state index contributed by atoms with van der Waals surface area (Å²) in [5.74, 6) is 0. The second-order valence-electron chi connectivity index (χ2n) is 16.8. The van der Waals surface area contributed by atoms with Crippen molar-refractivity contribution in [2.45, 2.75) is 0 Å². The maximum atomic E-state index is 2.58. The molecule has 0 radical (unpaired) electrons. The molecule has 13 rings (SSSR count). The second kappa shape index (κ2) is 14.5. The molecule has 0 aliphatic heterocycles. The third-order valence-electron chi connectivity index (χ3n) is 13.6. The Morgan fingerprint density at radius 1 is 0.234 bits per heavy atom. The summed E-state index contributed by atoms with van der Waals surface area (Å²) in [5, 5.41) is 12.8. The number of fused-ring (bicyclic) bond motifs is 9. The number of aromatic nitrogens is 3. The van der Waals surface area contributed by atoms with Crippen LogP contribution in [0.15, 0.2) is 249 Å². The fraction of sp³-hybridized carbons (Fsp3) is 0. The Bertz CT molecular complexity index is 3730. The topological polar surface area (TPSA) is 14.8 Å². The molecule has 0 aliphatic rings. The van der Waals surface area contributed by atoms with E-state index in [4.69, 9.17) is 0 Å². The zero-order valence-corrected chi connectivity index (χ0v) is 36.0. The van der Waals surface area contributed by atoms with E-state index >= 15 is 0 Å². The van der Waals surface area contributed by atoms with Crippen LogP contribution in [0.1, 0.15) is 0 Å². The van der Waals surface area contributed by atoms with Gasteiger partial charge in [0.25, 0.3) is 0 Å². The maximum absolute atomic E-state index is 2.86. The van der Waals surface area contributed by atoms with E-state index in [1.165, 1.54) is 86.2 Å². The largest absolute Gasteiger partial charge is 0.309 e. The molecule has 3 nitrogen and oxygen atoms in total. The lowest BCUT2D eigenvalue weighted by molar-refractivity contribution is 1.16. The normalized spacial score (nSPS) is 12.1. The van der Waals surface area contributed by atoms with Gasteiger partial charge in [0, 0.05) is 43.7 Å². The highest BCUT2D eigenvalue weighted by Crippen LogP contribution is 2.41. The lowest BCUT2D eigenvalue weighted by Gasteiger charge is -2.34. The zero-order chi connectivity index (χ0) is 42.2. The summed E-state index contributed by atoms with van der Waals surface area (Å²) < 4.78 is 7.45. The molecule has 0 unspecified atom stereocenters. The molecule has 0 N–H and O–H groups in total. The molecule has 0 amide bonds. The summed E-state index contributed by atoms with van der Waals surface area (Å²) >= 11 is 0. The molecule has 0 atom stereocenters. The summed E-state index contributed by atoms with van der Waals surface area (Å²) in [6.07, 6.45) is 0. The van der Waals surface area contributed by atoms with E-state index in [-0.39, 0.29) is 0 Å². The molecule has 0 fully saturated rings. The third-order valence-corrected chi connectivity index (χ3v) is 18.3. The van der Waals surface area contributed by atoms with Crippen molar-refractivity contribution in [1.29, 1.82) is 0 Å². The summed E-state index contributed by atoms with van der Waals surface area (Å²) in [6.45, 7) is 0. The van der Waals surface area contributed by atoms with Crippen LogP contribution in [0.4, 0.5) is 0 Å². The molecule has 0 bridgehead atoms. The first-order valence-electron chi connectivity index (χ1n) is 22.1. The van der Waals surface area contributed by atoms with E-state index in [1.54, 1.807) is 0 Å². The minimum atomic E-state index is -2.86. The van der Waals surface area contributed by atoms with Crippen molar-refractivity contribution in [2.75, 3.05) is 0 Å². The Kier molecular flexibility index (Phi) is 8.23. The molecule has 0 aliphatic carbocycles. The first kappa shape index (κ1) is 36.5. The van der Waals surface area contributed by atoms with Crippen LogP contribution < -0.4 is 20.7 Å². The van der Waals surface area contributed by atoms with Crippen molar-refractivity contribution in [1.82, 2.24) is 13.7 Å². The summed E-state index contributed by atoms with van der Waals surface area (Å²) in [4.78, 5) is 0. The van der Waals surface area contributed by atoms with Crippen molar-refractivity contribution >= 4 is 94.2 Å². The van der Waals surface area contributed by atoms with Gasteiger partial charge >= 0.3 is 0 Å². The minimum absolute atomic E-state index is 1.13. The summed E-state index contributed by atoms with van der Waals surface area (Å²) in [6, 6.07) is 92.4. The average Bonchev–Trinajstić information content (AvgIpc) is 4.01. The van der Waals surface area contributed by atoms with Crippen molar-refractivity contribution in [2.24, 2.45) is 0 Å². The summed E-state index contributed by atoms with van der Waals surface area (Å²) in [7, 11) is -2.86. The van der Waals surface area contributed by atoms with Gasteiger partial charge in [-0.25, -0.2) is 0 Å². The first-order valence-corrected chi connectivity index (χ1v) is 24.1. The molecule has 13 aromatic rings. The van der Waals surface area contributed by atoms with Crippen molar-refractivity contribution in [3.63, 3.8) is 0 Å². The van der Waals surface area contributed by atoms with Gasteiger partial charge in [-0.1, -0.05) is 188 Å². The van der Waals surface area contributed by atoms with Gasteiger partial charge in [0.15, 0.2) is 8.07 Å². The molecule has 3 aromatic heterocycles. The van der Waals surface area contributed by atoms with Gasteiger partial charge in [0.1, 0.15) is 0 Å². The van der Waals surface area contributed by atoms with Crippen molar-refractivity contribution < 1.29 is 0 Å². The Morgan fingerprint density at radius 3 is 1.23 bits per heavy atom. The van der Waals surface area contributed by atoms with Gasteiger partial charge in [-0.15, -0.1) is 0 Å². The fourth-order valence-corrected chi connectivity index (χ4v) is 15.7. The summed E-state index contributed by atoms with van der Waals surface area (Å²) in [5.41, 5.74) is 10.6. The molecule has 10 aromatic carbocycles. The van der Waals surface area contributed by atoms with E-state index in [0.29, 0.717) is 0 Å². The molecule has 300 valence electrons. The maximum Gasteiger partial charge on any atom is 0.179 e. The van der Waals surface area contributed by atoms with Crippen LogP contribution in [0, 0.1) is 0 Å². The highest BCUT2D eigenvalue weighted by atomic mass is 28.3. The van der Waals surface area contributed by atoms with Crippen LogP contribution in [-0.2, 0) is 0 Å². The quantitative estimate of drug-likeness (QED) is 0.112. The van der Waals surface area contributed by atoms with Gasteiger partial charge in [-0.2, -0.15) is 0 Å². The standard InChI is InChI=1S/C60H41N3Si/c1-5-20-42(21-6-1)61-55-33-18-15-30-52(55)60-56(61)34-19-35-57(60)63-58-40-43(62-53-31-16-13-28-48(53)49-29-14-17-32-54(49)62)36-38-50(58)51-39-37-47(41-59(51)63)64(44-22-7-2-8-23-44,45-24-9-3-10-25-45)46-26-11-4-12-27-46/h1-41H. The van der Waals surface area contributed by atoms with Gasteiger partial charge in [0.05, 0.1) is 38.8 Å². The Balaban J connectivity index is 1.19. The average molecular weight is 832 g/mol. The van der Waals surface area contributed by atoms with E-state index in [2.05, 4.69) is 262 Å². The third kappa shape index (κ3) is 5.27. The van der Waals surface area contributed by atoms with E-state index in [9.17, 15) is 0 Å². The smallest absolute Gasteiger partial charge is 0.179 e. The molecule has 0 spiro atoms. The molecule has 0 saturated carbocycles. The second-order valence-corrected chi connectivity index (χ2v) is 20.7. The Hall–Kier alpha value is -8.18. The van der Waals surface area contributed by atoms with Crippen LogP contribution in [0.2, 0.25) is 0 Å². The van der Waals surface area contributed by atoms with Gasteiger partial charge in [0.2, 0.25) is 0 Å². The highest BCUT2D eigenvalue weighted by molar-refractivity contribution is 7.20. The SMILES string of the molecule is c1ccc(-n2c3ccccc3c3c(-n4c5cc(-n6c7ccccc7c7ccccc76)ccc5c5ccc([Si](c6ccccc6)(c6ccccc6)c6ccccc6)cc54)cccc32)cc1. The molecular formula is C60H41N3Si. The minimum Gasteiger partial charge on any atom is -0.309 e. The van der Waals surface area contributed by atoms with Crippen LogP contribution in [0.25, 0.3) is 82.5 Å². The molecule has 0 saturated heterocycles. The Morgan fingerprint density at radius 2 is 0.656 bits per heavy atom. The number of nitrogens with zero attached hydrogens (tertiary/aromatic N) is 3. The van der Waals surface area contributed by atoms with Crippen LogP contribution in [-0.4, -0.2) is 21.8 Å². The molecule has 4 heteroatoms. The number of para-hydroxylation sites is 4. The number of hydrogen-bond donors (Lipinski definition) is 0. The van der Waals surface area contributed by atoms with Crippen molar-refractivity contribution in [3.05, 3.63) is 249 Å². The lowest BCUT2D eigenvalue weighted by atomic mass is 10.1. The van der Waals surface area contributed by atoms with Crippen LogP contribution >= 0.6 is 0 Å². The lowest BCUT2D eigenvalue weighted by Crippen LogP contribution is -2.74. The van der Waals surface area contributed by atoms with E-state index in [0.717, 1.165) is 17.1 Å². The van der Waals surface area contributed by atoms with E-state index in [1.807, 2.05) is 0 Å². The van der Waals surface area contributed by atoms with Gasteiger partial charge in [-0.05, 0) is 81.4 Å². The predicted molar refractivity (Wildman–Crippen MR) is 273 cm³/mol. The van der Waals surface area contributed by atoms with Gasteiger partial charge < -0.3 is 13.7 Å². The number of hydrogen-bond acceptors (Lipinski definition) is 0.